The number of carbonyl (C=O) groups is 1. The molecule has 0 aliphatic carbocycles. The number of amides is 1. The number of hydrogen-bond acceptors (Lipinski definition) is 3. The van der Waals surface area contributed by atoms with Gasteiger partial charge >= 0.3 is 6.18 Å². The lowest BCUT2D eigenvalue weighted by Gasteiger charge is -2.18. The molecular weight excluding hydrogens is 311 g/mol. The van der Waals surface area contributed by atoms with Crippen molar-refractivity contribution in [3.05, 3.63) is 28.8 Å². The van der Waals surface area contributed by atoms with Gasteiger partial charge in [-0.2, -0.15) is 13.2 Å². The Hall–Kier alpha value is -1.47. The summed E-state index contributed by atoms with van der Waals surface area (Å²) in [5.74, 6) is -0.575. The summed E-state index contributed by atoms with van der Waals surface area (Å²) >= 11 is 5.82. The quantitative estimate of drug-likeness (QED) is 0.791. The van der Waals surface area contributed by atoms with Crippen LogP contribution in [0.3, 0.4) is 0 Å². The van der Waals surface area contributed by atoms with Gasteiger partial charge in [0.15, 0.2) is 6.10 Å². The van der Waals surface area contributed by atoms with E-state index < -0.39 is 18.2 Å². The highest BCUT2D eigenvalue weighted by Gasteiger charge is 2.38. The van der Waals surface area contributed by atoms with E-state index in [0.717, 1.165) is 6.92 Å². The SMILES string of the molecule is CC(Oc1ccc(C(=O)NCCCO)cc1Cl)C(F)(F)F. The van der Waals surface area contributed by atoms with Gasteiger partial charge in [-0.3, -0.25) is 4.79 Å². The van der Waals surface area contributed by atoms with E-state index in [9.17, 15) is 18.0 Å². The molecule has 1 atom stereocenters. The number of aliphatic hydroxyl groups excluding tert-OH is 1. The number of rotatable bonds is 6. The van der Waals surface area contributed by atoms with Gasteiger partial charge in [0.25, 0.3) is 5.91 Å². The Labute approximate surface area is 124 Å². The number of halogens is 4. The van der Waals surface area contributed by atoms with Gasteiger partial charge in [-0.05, 0) is 31.5 Å². The number of nitrogens with one attached hydrogen (secondary N) is 1. The predicted octanol–water partition coefficient (Wildman–Crippen LogP) is 2.78. The Morgan fingerprint density at radius 3 is 2.67 bits per heavy atom. The monoisotopic (exact) mass is 325 g/mol. The fourth-order valence-corrected chi connectivity index (χ4v) is 1.60. The molecule has 2 N–H and O–H groups in total. The van der Waals surface area contributed by atoms with E-state index >= 15 is 0 Å². The molecule has 21 heavy (non-hydrogen) atoms. The summed E-state index contributed by atoms with van der Waals surface area (Å²) in [6.45, 7) is 1.10. The smallest absolute Gasteiger partial charge is 0.425 e. The first-order valence-corrected chi connectivity index (χ1v) is 6.55. The number of carbonyl (C=O) groups excluding carboxylic acids is 1. The van der Waals surface area contributed by atoms with E-state index in [1.54, 1.807) is 0 Å². The molecule has 0 saturated carbocycles. The molecule has 1 unspecified atom stereocenters. The maximum atomic E-state index is 12.4. The van der Waals surface area contributed by atoms with Crippen LogP contribution >= 0.6 is 11.6 Å². The summed E-state index contributed by atoms with van der Waals surface area (Å²) in [7, 11) is 0. The molecule has 1 aromatic carbocycles. The molecule has 0 heterocycles. The van der Waals surface area contributed by atoms with E-state index in [1.165, 1.54) is 18.2 Å². The lowest BCUT2D eigenvalue weighted by atomic mass is 10.2. The Bertz CT molecular complexity index is 494. The van der Waals surface area contributed by atoms with Crippen LogP contribution in [0.25, 0.3) is 0 Å². The molecule has 0 aliphatic heterocycles. The van der Waals surface area contributed by atoms with Gasteiger partial charge < -0.3 is 15.2 Å². The zero-order valence-electron chi connectivity index (χ0n) is 11.2. The second kappa shape index (κ2) is 7.51. The standard InChI is InChI=1S/C13H15ClF3NO3/c1-8(13(15,16)17)21-11-4-3-9(7-10(11)14)12(20)18-5-2-6-19/h3-4,7-8,19H,2,5-6H2,1H3,(H,18,20). The Balaban J connectivity index is 2.74. The summed E-state index contributed by atoms with van der Waals surface area (Å²) in [4.78, 5) is 11.7. The van der Waals surface area contributed by atoms with Gasteiger partial charge in [0.1, 0.15) is 5.75 Å². The Morgan fingerprint density at radius 2 is 2.14 bits per heavy atom. The van der Waals surface area contributed by atoms with Gasteiger partial charge in [-0.25, -0.2) is 0 Å². The predicted molar refractivity (Wildman–Crippen MR) is 71.6 cm³/mol. The van der Waals surface area contributed by atoms with Crippen LogP contribution in [0.15, 0.2) is 18.2 Å². The highest BCUT2D eigenvalue weighted by molar-refractivity contribution is 6.32. The van der Waals surface area contributed by atoms with Crippen molar-refractivity contribution < 1.29 is 27.8 Å². The zero-order valence-corrected chi connectivity index (χ0v) is 12.0. The molecule has 0 aromatic heterocycles. The zero-order chi connectivity index (χ0) is 16.0. The normalized spacial score (nSPS) is 12.9. The summed E-state index contributed by atoms with van der Waals surface area (Å²) in [6, 6.07) is 3.76. The molecule has 1 rings (SSSR count). The summed E-state index contributed by atoms with van der Waals surface area (Å²) < 4.78 is 41.9. The van der Waals surface area contributed by atoms with Crippen LogP contribution in [-0.2, 0) is 0 Å². The van der Waals surface area contributed by atoms with Gasteiger partial charge in [0.2, 0.25) is 0 Å². The molecule has 4 nitrogen and oxygen atoms in total. The minimum Gasteiger partial charge on any atom is -0.480 e. The average Bonchev–Trinajstić information content (AvgIpc) is 2.40. The highest BCUT2D eigenvalue weighted by Crippen LogP contribution is 2.30. The third-order valence-corrected chi connectivity index (χ3v) is 2.87. The van der Waals surface area contributed by atoms with Crippen LogP contribution in [0.4, 0.5) is 13.2 Å². The van der Waals surface area contributed by atoms with Crippen LogP contribution in [0.1, 0.15) is 23.7 Å². The number of benzene rings is 1. The van der Waals surface area contributed by atoms with Crippen molar-refractivity contribution >= 4 is 17.5 Å². The summed E-state index contributed by atoms with van der Waals surface area (Å²) in [6.07, 6.45) is -6.09. The first-order chi connectivity index (χ1) is 9.75. The molecule has 0 spiro atoms. The lowest BCUT2D eigenvalue weighted by Crippen LogP contribution is -2.31. The molecule has 8 heteroatoms. The van der Waals surface area contributed by atoms with Crippen LogP contribution in [0, 0.1) is 0 Å². The fourth-order valence-electron chi connectivity index (χ4n) is 1.38. The van der Waals surface area contributed by atoms with Crippen molar-refractivity contribution in [1.82, 2.24) is 5.32 Å². The molecule has 0 fully saturated rings. The van der Waals surface area contributed by atoms with E-state index in [0.29, 0.717) is 6.42 Å². The molecule has 0 aliphatic rings. The lowest BCUT2D eigenvalue weighted by molar-refractivity contribution is -0.189. The molecule has 0 radical (unpaired) electrons. The number of hydrogen-bond donors (Lipinski definition) is 2. The minimum absolute atomic E-state index is 0.0524. The fraction of sp³-hybridized carbons (Fsp3) is 0.462. The van der Waals surface area contributed by atoms with Gasteiger partial charge in [-0.1, -0.05) is 11.6 Å². The molecule has 0 bridgehead atoms. The number of ether oxygens (including phenoxy) is 1. The largest absolute Gasteiger partial charge is 0.480 e. The van der Waals surface area contributed by atoms with Crippen molar-refractivity contribution in [2.75, 3.05) is 13.2 Å². The molecule has 1 amide bonds. The topological polar surface area (TPSA) is 58.6 Å². The van der Waals surface area contributed by atoms with E-state index in [4.69, 9.17) is 21.4 Å². The van der Waals surface area contributed by atoms with Crippen LogP contribution < -0.4 is 10.1 Å². The van der Waals surface area contributed by atoms with Crippen LogP contribution in [0.2, 0.25) is 5.02 Å². The maximum Gasteiger partial charge on any atom is 0.425 e. The first kappa shape index (κ1) is 17.6. The Kier molecular flexibility index (Phi) is 6.29. The minimum atomic E-state index is -4.50. The molecule has 0 saturated heterocycles. The third kappa shape index (κ3) is 5.43. The Morgan fingerprint density at radius 1 is 1.48 bits per heavy atom. The van der Waals surface area contributed by atoms with Gasteiger partial charge in [-0.15, -0.1) is 0 Å². The van der Waals surface area contributed by atoms with Gasteiger partial charge in [0, 0.05) is 18.7 Å². The second-order valence-electron chi connectivity index (χ2n) is 4.28. The first-order valence-electron chi connectivity index (χ1n) is 6.17. The van der Waals surface area contributed by atoms with Gasteiger partial charge in [0.05, 0.1) is 5.02 Å². The summed E-state index contributed by atoms with van der Waals surface area (Å²) in [5, 5.41) is 11.0. The highest BCUT2D eigenvalue weighted by atomic mass is 35.5. The van der Waals surface area contributed by atoms with Crippen molar-refractivity contribution in [3.63, 3.8) is 0 Å². The average molecular weight is 326 g/mol. The molecular formula is C13H15ClF3NO3. The summed E-state index contributed by atoms with van der Waals surface area (Å²) in [5.41, 5.74) is 0.199. The maximum absolute atomic E-state index is 12.4. The van der Waals surface area contributed by atoms with E-state index in [-0.39, 0.29) is 29.5 Å². The van der Waals surface area contributed by atoms with Crippen LogP contribution in [0.5, 0.6) is 5.75 Å². The molecule has 1 aromatic rings. The number of alkyl halides is 3. The van der Waals surface area contributed by atoms with Crippen molar-refractivity contribution in [1.29, 1.82) is 0 Å². The van der Waals surface area contributed by atoms with E-state index in [2.05, 4.69) is 5.32 Å². The number of aliphatic hydroxyl groups is 1. The third-order valence-electron chi connectivity index (χ3n) is 2.58. The van der Waals surface area contributed by atoms with Crippen molar-refractivity contribution in [3.8, 4) is 5.75 Å². The molecule has 118 valence electrons. The van der Waals surface area contributed by atoms with Crippen molar-refractivity contribution in [2.24, 2.45) is 0 Å². The van der Waals surface area contributed by atoms with Crippen LogP contribution in [-0.4, -0.2) is 36.4 Å². The van der Waals surface area contributed by atoms with Crippen molar-refractivity contribution in [2.45, 2.75) is 25.6 Å². The van der Waals surface area contributed by atoms with E-state index in [1.807, 2.05) is 0 Å². The second-order valence-corrected chi connectivity index (χ2v) is 4.69.